The van der Waals surface area contributed by atoms with E-state index in [9.17, 15) is 14.4 Å². The van der Waals surface area contributed by atoms with E-state index in [-0.39, 0.29) is 12.5 Å². The third-order valence-electron chi connectivity index (χ3n) is 6.47. The predicted molar refractivity (Wildman–Crippen MR) is 148 cm³/mol. The molecule has 1 aliphatic heterocycles. The van der Waals surface area contributed by atoms with E-state index in [1.807, 2.05) is 18.5 Å². The number of ether oxygens (including phenoxy) is 3. The van der Waals surface area contributed by atoms with Crippen LogP contribution in [-0.4, -0.2) is 74.9 Å². The van der Waals surface area contributed by atoms with E-state index >= 15 is 0 Å². The van der Waals surface area contributed by atoms with Crippen LogP contribution in [0.1, 0.15) is 26.0 Å². The van der Waals surface area contributed by atoms with Gasteiger partial charge in [-0.2, -0.15) is 0 Å². The van der Waals surface area contributed by atoms with Crippen LogP contribution >= 0.6 is 15.9 Å². The second kappa shape index (κ2) is 13.3. The van der Waals surface area contributed by atoms with Crippen LogP contribution < -0.4 is 5.32 Å². The van der Waals surface area contributed by atoms with Crippen molar-refractivity contribution < 1.29 is 28.6 Å². The molecule has 0 radical (unpaired) electrons. The lowest BCUT2D eigenvalue weighted by Gasteiger charge is -2.25. The number of imidazole rings is 1. The van der Waals surface area contributed by atoms with Crippen molar-refractivity contribution in [3.05, 3.63) is 47.2 Å². The lowest BCUT2D eigenvalue weighted by Crippen LogP contribution is -2.39. The standard InChI is InChI=1S/C26H30BrN7O6/c1-4-19(17(13-38-16(2)35)11-18-12-28-14-33(18)3)24(36)39-15-40-26(37)34-10-9-31-25(34)32-20-5-6-21-23(22(20)27)30-8-7-29-21/h5-8,12,14,17,19H,4,9-11,13,15H2,1-3H3,(H,31,32)/t17?,19-/m0/s1. The molecule has 0 aliphatic carbocycles. The Balaban J connectivity index is 1.34. The highest BCUT2D eigenvalue weighted by atomic mass is 79.9. The smallest absolute Gasteiger partial charge is 0.419 e. The van der Waals surface area contributed by atoms with Crippen LogP contribution in [-0.2, 0) is 37.3 Å². The molecule has 0 bridgehead atoms. The fraction of sp³-hybridized carbons (Fsp3) is 0.423. The minimum absolute atomic E-state index is 0.0447. The average molecular weight is 616 g/mol. The molecule has 0 saturated carbocycles. The molecule has 2 aromatic heterocycles. The van der Waals surface area contributed by atoms with Gasteiger partial charge in [0, 0.05) is 44.2 Å². The lowest BCUT2D eigenvalue weighted by atomic mass is 9.87. The normalized spacial score (nSPS) is 14.4. The highest BCUT2D eigenvalue weighted by Gasteiger charge is 2.31. The number of amides is 1. The topological polar surface area (TPSA) is 150 Å². The van der Waals surface area contributed by atoms with Crippen LogP contribution in [0.4, 0.5) is 10.5 Å². The molecular formula is C26H30BrN7O6. The van der Waals surface area contributed by atoms with E-state index in [1.54, 1.807) is 37.1 Å². The summed E-state index contributed by atoms with van der Waals surface area (Å²) in [5.74, 6) is -1.63. The van der Waals surface area contributed by atoms with Crippen LogP contribution in [0.3, 0.4) is 0 Å². The number of esters is 2. The molecular weight excluding hydrogens is 586 g/mol. The van der Waals surface area contributed by atoms with E-state index < -0.39 is 30.7 Å². The lowest BCUT2D eigenvalue weighted by molar-refractivity contribution is -0.162. The number of aromatic nitrogens is 4. The summed E-state index contributed by atoms with van der Waals surface area (Å²) in [6, 6.07) is 3.61. The second-order valence-corrected chi connectivity index (χ2v) is 9.90. The Hall–Kier alpha value is -4.07. The van der Waals surface area contributed by atoms with Crippen molar-refractivity contribution in [2.75, 3.05) is 31.8 Å². The van der Waals surface area contributed by atoms with Crippen molar-refractivity contribution in [3.63, 3.8) is 0 Å². The van der Waals surface area contributed by atoms with Gasteiger partial charge in [0.05, 0.1) is 47.6 Å². The van der Waals surface area contributed by atoms with Crippen LogP contribution in [0.5, 0.6) is 0 Å². The summed E-state index contributed by atoms with van der Waals surface area (Å²) in [6.07, 6.45) is 6.74. The van der Waals surface area contributed by atoms with Crippen molar-refractivity contribution in [1.29, 1.82) is 0 Å². The maximum Gasteiger partial charge on any atom is 0.419 e. The number of guanidine groups is 1. The van der Waals surface area contributed by atoms with Crippen molar-refractivity contribution in [2.24, 2.45) is 23.9 Å². The van der Waals surface area contributed by atoms with E-state index in [0.29, 0.717) is 53.1 Å². The Morgan fingerprint density at radius 1 is 1.15 bits per heavy atom. The summed E-state index contributed by atoms with van der Waals surface area (Å²) >= 11 is 3.53. The number of carbonyl (C=O) groups is 3. The number of hydrogen-bond donors (Lipinski definition) is 1. The largest absolute Gasteiger partial charge is 0.466 e. The van der Waals surface area contributed by atoms with Gasteiger partial charge >= 0.3 is 18.0 Å². The molecule has 2 atom stereocenters. The summed E-state index contributed by atoms with van der Waals surface area (Å²) in [7, 11) is 1.85. The number of fused-ring (bicyclic) bond motifs is 1. The molecule has 1 aliphatic rings. The zero-order valence-corrected chi connectivity index (χ0v) is 24.0. The first-order valence-corrected chi connectivity index (χ1v) is 13.5. The molecule has 1 aromatic carbocycles. The molecule has 3 aromatic rings. The van der Waals surface area contributed by atoms with Gasteiger partial charge in [-0.1, -0.05) is 6.92 Å². The number of anilines is 1. The molecule has 4 rings (SSSR count). The Morgan fingerprint density at radius 3 is 2.67 bits per heavy atom. The molecule has 1 N–H and O–H groups in total. The summed E-state index contributed by atoms with van der Waals surface area (Å²) < 4.78 is 18.3. The number of halogens is 1. The first-order valence-electron chi connectivity index (χ1n) is 12.7. The van der Waals surface area contributed by atoms with Gasteiger partial charge in [0.15, 0.2) is 0 Å². The van der Waals surface area contributed by atoms with Gasteiger partial charge in [-0.05, 0) is 40.9 Å². The highest BCUT2D eigenvalue weighted by molar-refractivity contribution is 9.10. The number of aliphatic imine (C=N–C) groups is 1. The van der Waals surface area contributed by atoms with Crippen molar-refractivity contribution in [2.45, 2.75) is 26.7 Å². The molecule has 1 amide bonds. The first kappa shape index (κ1) is 28.9. The predicted octanol–water partition coefficient (Wildman–Crippen LogP) is 3.29. The molecule has 0 fully saturated rings. The van der Waals surface area contributed by atoms with E-state index in [0.717, 1.165) is 5.69 Å². The van der Waals surface area contributed by atoms with Crippen LogP contribution in [0.25, 0.3) is 11.0 Å². The van der Waals surface area contributed by atoms with E-state index in [4.69, 9.17) is 14.2 Å². The summed E-state index contributed by atoms with van der Waals surface area (Å²) in [5, 5.41) is 3.13. The zero-order chi connectivity index (χ0) is 28.6. The second-order valence-electron chi connectivity index (χ2n) is 9.10. The van der Waals surface area contributed by atoms with Gasteiger partial charge in [0.25, 0.3) is 0 Å². The van der Waals surface area contributed by atoms with Gasteiger partial charge < -0.3 is 24.1 Å². The Kier molecular flexibility index (Phi) is 9.64. The summed E-state index contributed by atoms with van der Waals surface area (Å²) in [4.78, 5) is 55.6. The molecule has 0 spiro atoms. The first-order chi connectivity index (χ1) is 19.3. The number of rotatable bonds is 10. The fourth-order valence-electron chi connectivity index (χ4n) is 4.36. The number of benzene rings is 1. The number of nitrogens with zero attached hydrogens (tertiary/aromatic N) is 6. The third kappa shape index (κ3) is 6.92. The molecule has 14 heteroatoms. The zero-order valence-electron chi connectivity index (χ0n) is 22.4. The quantitative estimate of drug-likeness (QED) is 0.266. The van der Waals surface area contributed by atoms with Gasteiger partial charge in [0.1, 0.15) is 5.52 Å². The van der Waals surface area contributed by atoms with E-state index in [1.165, 1.54) is 11.8 Å². The summed E-state index contributed by atoms with van der Waals surface area (Å²) in [5.41, 5.74) is 2.91. The SMILES string of the molecule is CC[C@H](C(=O)OCOC(=O)N1CCN=C1Nc1ccc2nccnc2c1Br)C(COC(C)=O)Cc1cncn1C. The molecule has 212 valence electrons. The minimum atomic E-state index is -0.715. The maximum atomic E-state index is 13.0. The number of carbonyl (C=O) groups excluding carboxylic acids is 3. The van der Waals surface area contributed by atoms with Crippen molar-refractivity contribution in [1.82, 2.24) is 24.4 Å². The van der Waals surface area contributed by atoms with Crippen LogP contribution in [0.15, 0.2) is 46.5 Å². The molecule has 1 unspecified atom stereocenters. The molecule has 0 saturated heterocycles. The Bertz CT molecular complexity index is 1410. The highest BCUT2D eigenvalue weighted by Crippen LogP contribution is 2.29. The Labute approximate surface area is 239 Å². The number of nitrogens with one attached hydrogen (secondary N) is 1. The number of hydrogen-bond acceptors (Lipinski definition) is 11. The van der Waals surface area contributed by atoms with Gasteiger partial charge in [0.2, 0.25) is 12.8 Å². The Morgan fingerprint density at radius 2 is 1.95 bits per heavy atom. The van der Waals surface area contributed by atoms with Gasteiger partial charge in [-0.3, -0.25) is 24.5 Å². The fourth-order valence-corrected chi connectivity index (χ4v) is 4.90. The average Bonchev–Trinajstić information content (AvgIpc) is 3.57. The summed E-state index contributed by atoms with van der Waals surface area (Å²) in [6.45, 7) is 3.32. The molecule has 13 nitrogen and oxygen atoms in total. The monoisotopic (exact) mass is 615 g/mol. The van der Waals surface area contributed by atoms with Gasteiger partial charge in [-0.25, -0.2) is 14.7 Å². The van der Waals surface area contributed by atoms with Crippen molar-refractivity contribution >= 4 is 56.6 Å². The molecule has 3 heterocycles. The van der Waals surface area contributed by atoms with Crippen molar-refractivity contribution in [3.8, 4) is 0 Å². The third-order valence-corrected chi connectivity index (χ3v) is 7.27. The minimum Gasteiger partial charge on any atom is -0.466 e. The maximum absolute atomic E-state index is 13.0. The van der Waals surface area contributed by atoms with Gasteiger partial charge in [-0.15, -0.1) is 0 Å². The van der Waals surface area contributed by atoms with Crippen LogP contribution in [0, 0.1) is 11.8 Å². The van der Waals surface area contributed by atoms with E-state index in [2.05, 4.69) is 41.2 Å². The molecule has 40 heavy (non-hydrogen) atoms. The van der Waals surface area contributed by atoms with Crippen LogP contribution in [0.2, 0.25) is 0 Å². The number of aryl methyl sites for hydroxylation is 1.